The summed E-state index contributed by atoms with van der Waals surface area (Å²) in [6.45, 7) is 8.49. The van der Waals surface area contributed by atoms with E-state index in [0.29, 0.717) is 12.5 Å². The molecule has 1 saturated heterocycles. The second-order valence-electron chi connectivity index (χ2n) is 7.79. The average molecular weight is 348 g/mol. The Morgan fingerprint density at radius 3 is 2.48 bits per heavy atom. The van der Waals surface area contributed by atoms with Crippen LogP contribution < -0.4 is 5.73 Å². The Bertz CT molecular complexity index is 519. The van der Waals surface area contributed by atoms with Crippen molar-refractivity contribution >= 4 is 6.09 Å². The Balaban J connectivity index is 1.60. The van der Waals surface area contributed by atoms with Crippen molar-refractivity contribution in [3.05, 3.63) is 35.9 Å². The number of carbonyl (C=O) groups excluding carboxylic acids is 1. The van der Waals surface area contributed by atoms with Crippen LogP contribution >= 0.6 is 0 Å². The highest BCUT2D eigenvalue weighted by molar-refractivity contribution is 5.68. The molecule has 1 heterocycles. The molecule has 5 nitrogen and oxygen atoms in total. The normalized spacial score (nSPS) is 17.4. The summed E-state index contributed by atoms with van der Waals surface area (Å²) in [5.74, 6) is 0.603. The molecule has 0 saturated carbocycles. The second kappa shape index (κ2) is 9.20. The number of ether oxygens (including phenoxy) is 2. The maximum absolute atomic E-state index is 12.1. The Hall–Kier alpha value is -1.59. The third-order valence-corrected chi connectivity index (χ3v) is 4.46. The Labute approximate surface area is 151 Å². The van der Waals surface area contributed by atoms with Gasteiger partial charge in [0.1, 0.15) is 5.60 Å². The summed E-state index contributed by atoms with van der Waals surface area (Å²) in [7, 11) is 0. The molecule has 0 radical (unpaired) electrons. The minimum Gasteiger partial charge on any atom is -0.444 e. The van der Waals surface area contributed by atoms with Crippen LogP contribution in [0.2, 0.25) is 0 Å². The molecule has 2 N–H and O–H groups in total. The highest BCUT2D eigenvalue weighted by Gasteiger charge is 2.26. The number of likely N-dealkylation sites (tertiary alicyclic amines) is 1. The molecule has 1 amide bonds. The van der Waals surface area contributed by atoms with E-state index in [1.54, 1.807) is 0 Å². The lowest BCUT2D eigenvalue weighted by Gasteiger charge is -2.33. The summed E-state index contributed by atoms with van der Waals surface area (Å²) < 4.78 is 11.2. The molecule has 0 spiro atoms. The van der Waals surface area contributed by atoms with Crippen LogP contribution in [0.25, 0.3) is 0 Å². The monoisotopic (exact) mass is 348 g/mol. The van der Waals surface area contributed by atoms with Gasteiger partial charge in [0, 0.05) is 19.7 Å². The first-order valence-corrected chi connectivity index (χ1v) is 9.21. The molecule has 2 rings (SSSR count). The minimum absolute atomic E-state index is 0.0739. The summed E-state index contributed by atoms with van der Waals surface area (Å²) in [6.07, 6.45) is 2.83. The molecule has 0 bridgehead atoms. The lowest BCUT2D eigenvalue weighted by atomic mass is 9.94. The fourth-order valence-electron chi connectivity index (χ4n) is 2.99. The average Bonchev–Trinajstić information content (AvgIpc) is 2.58. The van der Waals surface area contributed by atoms with Crippen molar-refractivity contribution in [2.45, 2.75) is 51.7 Å². The van der Waals surface area contributed by atoms with E-state index in [4.69, 9.17) is 15.2 Å². The quantitative estimate of drug-likeness (QED) is 0.795. The van der Waals surface area contributed by atoms with Crippen LogP contribution in [0.1, 0.15) is 51.6 Å². The van der Waals surface area contributed by atoms with Gasteiger partial charge in [-0.25, -0.2) is 4.79 Å². The molecule has 140 valence electrons. The zero-order valence-corrected chi connectivity index (χ0v) is 15.7. The topological polar surface area (TPSA) is 64.8 Å². The van der Waals surface area contributed by atoms with Crippen molar-refractivity contribution in [1.82, 2.24) is 4.90 Å². The second-order valence-corrected chi connectivity index (χ2v) is 7.79. The number of rotatable bonds is 6. The molecular weight excluding hydrogens is 316 g/mol. The molecule has 5 heteroatoms. The number of amides is 1. The number of nitrogens with zero attached hydrogens (tertiary/aromatic N) is 1. The summed E-state index contributed by atoms with van der Waals surface area (Å²) >= 11 is 0. The first-order chi connectivity index (χ1) is 11.8. The first kappa shape index (κ1) is 19.7. The van der Waals surface area contributed by atoms with Gasteiger partial charge in [-0.1, -0.05) is 30.3 Å². The van der Waals surface area contributed by atoms with Crippen LogP contribution in [0.5, 0.6) is 0 Å². The van der Waals surface area contributed by atoms with Crippen molar-refractivity contribution in [2.24, 2.45) is 11.7 Å². The Morgan fingerprint density at radius 2 is 1.88 bits per heavy atom. The van der Waals surface area contributed by atoms with E-state index in [0.717, 1.165) is 44.5 Å². The van der Waals surface area contributed by atoms with Crippen LogP contribution in [-0.4, -0.2) is 42.9 Å². The molecule has 25 heavy (non-hydrogen) atoms. The summed E-state index contributed by atoms with van der Waals surface area (Å²) in [5.41, 5.74) is 6.81. The third-order valence-electron chi connectivity index (χ3n) is 4.46. The van der Waals surface area contributed by atoms with Gasteiger partial charge in [-0.15, -0.1) is 0 Å². The third kappa shape index (κ3) is 7.04. The molecule has 1 fully saturated rings. The molecule has 1 aromatic carbocycles. The van der Waals surface area contributed by atoms with E-state index in [1.807, 2.05) is 56.0 Å². The van der Waals surface area contributed by atoms with E-state index < -0.39 is 5.60 Å². The van der Waals surface area contributed by atoms with Gasteiger partial charge in [0.05, 0.1) is 12.6 Å². The molecule has 1 aromatic rings. The smallest absolute Gasteiger partial charge is 0.410 e. The van der Waals surface area contributed by atoms with Gasteiger partial charge in [-0.2, -0.15) is 0 Å². The minimum atomic E-state index is -0.431. The van der Waals surface area contributed by atoms with Crippen LogP contribution in [0.15, 0.2) is 30.3 Å². The maximum atomic E-state index is 12.1. The van der Waals surface area contributed by atoms with E-state index in [1.165, 1.54) is 0 Å². The molecule has 0 aliphatic carbocycles. The van der Waals surface area contributed by atoms with Gasteiger partial charge >= 0.3 is 6.09 Å². The van der Waals surface area contributed by atoms with Gasteiger partial charge < -0.3 is 20.1 Å². The zero-order chi connectivity index (χ0) is 18.3. The highest BCUT2D eigenvalue weighted by atomic mass is 16.6. The van der Waals surface area contributed by atoms with Gasteiger partial charge in [0.25, 0.3) is 0 Å². The lowest BCUT2D eigenvalue weighted by molar-refractivity contribution is 0.0165. The largest absolute Gasteiger partial charge is 0.444 e. The number of piperidine rings is 1. The van der Waals surface area contributed by atoms with Crippen LogP contribution in [0.4, 0.5) is 4.79 Å². The number of carbonyl (C=O) groups is 1. The molecular formula is C20H32N2O3. The summed E-state index contributed by atoms with van der Waals surface area (Å²) in [5, 5.41) is 0. The van der Waals surface area contributed by atoms with Crippen LogP contribution in [0, 0.1) is 5.92 Å². The first-order valence-electron chi connectivity index (χ1n) is 9.21. The summed E-state index contributed by atoms with van der Waals surface area (Å²) in [4.78, 5) is 13.9. The zero-order valence-electron chi connectivity index (χ0n) is 15.7. The van der Waals surface area contributed by atoms with Crippen molar-refractivity contribution in [3.63, 3.8) is 0 Å². The molecule has 1 aliphatic heterocycles. The SMILES string of the molecule is CC(C)(C)OC(=O)N1CCC(CCOC[C@@H](N)c2ccccc2)CC1. The fraction of sp³-hybridized carbons (Fsp3) is 0.650. The van der Waals surface area contributed by atoms with Gasteiger partial charge in [-0.05, 0) is 51.5 Å². The predicted octanol–water partition coefficient (Wildman–Crippen LogP) is 3.74. The van der Waals surface area contributed by atoms with Crippen molar-refractivity contribution in [2.75, 3.05) is 26.3 Å². The van der Waals surface area contributed by atoms with Crippen molar-refractivity contribution in [1.29, 1.82) is 0 Å². The van der Waals surface area contributed by atoms with E-state index in [2.05, 4.69) is 0 Å². The maximum Gasteiger partial charge on any atom is 0.410 e. The molecule has 1 atom stereocenters. The van der Waals surface area contributed by atoms with Crippen molar-refractivity contribution < 1.29 is 14.3 Å². The standard InChI is InChI=1S/C20H32N2O3/c1-20(2,3)25-19(23)22-12-9-16(10-13-22)11-14-24-15-18(21)17-7-5-4-6-8-17/h4-8,16,18H,9-15,21H2,1-3H3/t18-/m1/s1. The number of nitrogens with two attached hydrogens (primary N) is 1. The Morgan fingerprint density at radius 1 is 1.24 bits per heavy atom. The van der Waals surface area contributed by atoms with Crippen LogP contribution in [0.3, 0.4) is 0 Å². The molecule has 0 aromatic heterocycles. The Kier molecular flexibility index (Phi) is 7.26. The summed E-state index contributed by atoms with van der Waals surface area (Å²) in [6, 6.07) is 9.96. The molecule has 1 aliphatic rings. The number of benzene rings is 1. The van der Waals surface area contributed by atoms with Gasteiger partial charge in [-0.3, -0.25) is 0 Å². The predicted molar refractivity (Wildman–Crippen MR) is 99.3 cm³/mol. The highest BCUT2D eigenvalue weighted by Crippen LogP contribution is 2.22. The van der Waals surface area contributed by atoms with Crippen LogP contribution in [-0.2, 0) is 9.47 Å². The number of hydrogen-bond acceptors (Lipinski definition) is 4. The van der Waals surface area contributed by atoms with Crippen molar-refractivity contribution in [3.8, 4) is 0 Å². The number of hydrogen-bond donors (Lipinski definition) is 1. The fourth-order valence-corrected chi connectivity index (χ4v) is 2.99. The van der Waals surface area contributed by atoms with Gasteiger partial charge in [0.15, 0.2) is 0 Å². The van der Waals surface area contributed by atoms with Gasteiger partial charge in [0.2, 0.25) is 0 Å². The lowest BCUT2D eigenvalue weighted by Crippen LogP contribution is -2.41. The van der Waals surface area contributed by atoms with E-state index in [-0.39, 0.29) is 12.1 Å². The van der Waals surface area contributed by atoms with E-state index in [9.17, 15) is 4.79 Å². The van der Waals surface area contributed by atoms with E-state index >= 15 is 0 Å². The molecule has 0 unspecified atom stereocenters.